The summed E-state index contributed by atoms with van der Waals surface area (Å²) in [5.74, 6) is 5.47. The second kappa shape index (κ2) is 10.1. The van der Waals surface area contributed by atoms with Gasteiger partial charge in [-0.2, -0.15) is 0 Å². The molecule has 4 aliphatic carbocycles. The summed E-state index contributed by atoms with van der Waals surface area (Å²) in [6, 6.07) is 0. The Morgan fingerprint density at radius 1 is 1.00 bits per heavy atom. The first kappa shape index (κ1) is 24.8. The van der Waals surface area contributed by atoms with Gasteiger partial charge in [0, 0.05) is 13.2 Å². The van der Waals surface area contributed by atoms with E-state index in [-0.39, 0.29) is 6.61 Å². The maximum Gasteiger partial charge on any atom is 0.0612 e. The van der Waals surface area contributed by atoms with Crippen molar-refractivity contribution in [2.75, 3.05) is 13.2 Å². The third kappa shape index (κ3) is 4.61. The quantitative estimate of drug-likeness (QED) is 0.290. The largest absolute Gasteiger partial charge is 0.396 e. The van der Waals surface area contributed by atoms with E-state index >= 15 is 0 Å². The average Bonchev–Trinajstić information content (AvgIpc) is 3.11. The number of allylic oxidation sites excluding steroid dienone is 1. The van der Waals surface area contributed by atoms with E-state index in [1.807, 2.05) is 0 Å². The van der Waals surface area contributed by atoms with Crippen molar-refractivity contribution in [2.45, 2.75) is 118 Å². The van der Waals surface area contributed by atoms with Gasteiger partial charge in [0.15, 0.2) is 0 Å². The van der Waals surface area contributed by atoms with E-state index < -0.39 is 0 Å². The molecule has 184 valence electrons. The van der Waals surface area contributed by atoms with Gasteiger partial charge in [-0.05, 0) is 104 Å². The van der Waals surface area contributed by atoms with Crippen molar-refractivity contribution in [2.24, 2.45) is 46.3 Å². The Morgan fingerprint density at radius 3 is 2.56 bits per heavy atom. The summed E-state index contributed by atoms with van der Waals surface area (Å²) in [5, 5.41) is 9.07. The van der Waals surface area contributed by atoms with Crippen LogP contribution in [0.5, 0.6) is 0 Å². The average molecular weight is 445 g/mol. The minimum atomic E-state index is 0.244. The SMILES string of the molecule is CC(C)CCC[C@@H](C)C1CCC2C3CC=C4CC(OCCCO)CCC4(C)C3CCC21C. The van der Waals surface area contributed by atoms with Crippen LogP contribution < -0.4 is 0 Å². The van der Waals surface area contributed by atoms with E-state index in [9.17, 15) is 0 Å². The fourth-order valence-electron chi connectivity index (χ4n) is 9.11. The summed E-state index contributed by atoms with van der Waals surface area (Å²) in [5.41, 5.74) is 2.73. The van der Waals surface area contributed by atoms with Crippen LogP contribution in [-0.4, -0.2) is 24.4 Å². The first-order chi connectivity index (χ1) is 15.3. The van der Waals surface area contributed by atoms with E-state index in [4.69, 9.17) is 9.84 Å². The smallest absolute Gasteiger partial charge is 0.0612 e. The summed E-state index contributed by atoms with van der Waals surface area (Å²) in [7, 11) is 0. The van der Waals surface area contributed by atoms with Crippen LogP contribution in [0.2, 0.25) is 0 Å². The zero-order chi connectivity index (χ0) is 22.9. The highest BCUT2D eigenvalue weighted by atomic mass is 16.5. The molecule has 8 atom stereocenters. The number of rotatable bonds is 9. The zero-order valence-corrected chi connectivity index (χ0v) is 21.9. The molecule has 32 heavy (non-hydrogen) atoms. The zero-order valence-electron chi connectivity index (χ0n) is 21.9. The number of ether oxygens (including phenoxy) is 1. The van der Waals surface area contributed by atoms with Crippen molar-refractivity contribution in [1.29, 1.82) is 0 Å². The Bertz CT molecular complexity index is 653. The Hall–Kier alpha value is -0.340. The van der Waals surface area contributed by atoms with E-state index in [0.717, 1.165) is 48.3 Å². The lowest BCUT2D eigenvalue weighted by atomic mass is 9.47. The summed E-state index contributed by atoms with van der Waals surface area (Å²) in [6.07, 6.45) is 19.0. The standard InChI is InChI=1S/C30H52O2/c1-21(2)8-6-9-22(3)26-12-13-27-25-11-10-23-20-24(32-19-7-18-31)14-16-29(23,4)28(25)15-17-30(26,27)5/h10,21-22,24-28,31H,6-9,11-20H2,1-5H3/t22-,24?,25?,26?,27?,28?,29?,30?/m1/s1. The van der Waals surface area contributed by atoms with Crippen molar-refractivity contribution in [1.82, 2.24) is 0 Å². The van der Waals surface area contributed by atoms with Gasteiger partial charge in [-0.25, -0.2) is 0 Å². The van der Waals surface area contributed by atoms with Crippen LogP contribution in [0.25, 0.3) is 0 Å². The molecule has 0 spiro atoms. The topological polar surface area (TPSA) is 29.5 Å². The van der Waals surface area contributed by atoms with Gasteiger partial charge in [0.2, 0.25) is 0 Å². The molecule has 4 aliphatic rings. The molecule has 3 saturated carbocycles. The van der Waals surface area contributed by atoms with Gasteiger partial charge in [0.25, 0.3) is 0 Å². The van der Waals surface area contributed by atoms with Gasteiger partial charge in [0.1, 0.15) is 0 Å². The summed E-state index contributed by atoms with van der Waals surface area (Å²) in [4.78, 5) is 0. The van der Waals surface area contributed by atoms with E-state index in [0.29, 0.717) is 23.5 Å². The van der Waals surface area contributed by atoms with Crippen molar-refractivity contribution in [3.05, 3.63) is 11.6 Å². The van der Waals surface area contributed by atoms with Crippen LogP contribution in [-0.2, 0) is 4.74 Å². The molecule has 2 heteroatoms. The molecule has 0 saturated heterocycles. The molecule has 0 radical (unpaired) electrons. The van der Waals surface area contributed by atoms with Gasteiger partial charge in [-0.3, -0.25) is 0 Å². The number of hydrogen-bond donors (Lipinski definition) is 1. The van der Waals surface area contributed by atoms with Gasteiger partial charge in [0.05, 0.1) is 6.10 Å². The molecule has 0 aromatic carbocycles. The van der Waals surface area contributed by atoms with E-state index in [1.54, 1.807) is 5.57 Å². The molecule has 0 aromatic heterocycles. The van der Waals surface area contributed by atoms with Crippen molar-refractivity contribution in [3.8, 4) is 0 Å². The Balaban J connectivity index is 1.42. The van der Waals surface area contributed by atoms with Gasteiger partial charge < -0.3 is 9.84 Å². The highest BCUT2D eigenvalue weighted by Gasteiger charge is 2.59. The van der Waals surface area contributed by atoms with Crippen molar-refractivity contribution < 1.29 is 9.84 Å². The van der Waals surface area contributed by atoms with E-state index in [2.05, 4.69) is 40.7 Å². The second-order valence-corrected chi connectivity index (χ2v) is 13.1. The molecular weight excluding hydrogens is 392 g/mol. The van der Waals surface area contributed by atoms with Crippen molar-refractivity contribution in [3.63, 3.8) is 0 Å². The maximum atomic E-state index is 9.07. The first-order valence-electron chi connectivity index (χ1n) is 14.2. The monoisotopic (exact) mass is 444 g/mol. The van der Waals surface area contributed by atoms with Crippen LogP contribution in [0.4, 0.5) is 0 Å². The lowest BCUT2D eigenvalue weighted by Crippen LogP contribution is -2.51. The summed E-state index contributed by atoms with van der Waals surface area (Å²) < 4.78 is 6.13. The molecule has 0 bridgehead atoms. The van der Waals surface area contributed by atoms with Crippen LogP contribution >= 0.6 is 0 Å². The molecule has 3 fully saturated rings. The predicted octanol–water partition coefficient (Wildman–Crippen LogP) is 7.80. The molecule has 1 N–H and O–H groups in total. The normalized spacial score (nSPS) is 42.2. The fraction of sp³-hybridized carbons (Fsp3) is 0.933. The van der Waals surface area contributed by atoms with Crippen LogP contribution in [0.15, 0.2) is 11.6 Å². The summed E-state index contributed by atoms with van der Waals surface area (Å²) in [6.45, 7) is 13.6. The van der Waals surface area contributed by atoms with Crippen LogP contribution in [0.3, 0.4) is 0 Å². The minimum Gasteiger partial charge on any atom is -0.396 e. The first-order valence-corrected chi connectivity index (χ1v) is 14.2. The highest BCUT2D eigenvalue weighted by Crippen LogP contribution is 2.67. The molecule has 4 rings (SSSR count). The lowest BCUT2D eigenvalue weighted by molar-refractivity contribution is -0.0645. The third-order valence-corrected chi connectivity index (χ3v) is 10.9. The Labute approximate surface area is 199 Å². The van der Waals surface area contributed by atoms with Crippen LogP contribution in [0, 0.1) is 46.3 Å². The number of aliphatic hydroxyl groups excluding tert-OH is 1. The molecule has 0 heterocycles. The van der Waals surface area contributed by atoms with Crippen LogP contribution in [0.1, 0.15) is 112 Å². The second-order valence-electron chi connectivity index (χ2n) is 13.1. The summed E-state index contributed by atoms with van der Waals surface area (Å²) >= 11 is 0. The number of hydrogen-bond acceptors (Lipinski definition) is 2. The minimum absolute atomic E-state index is 0.244. The number of fused-ring (bicyclic) bond motifs is 5. The highest BCUT2D eigenvalue weighted by molar-refractivity contribution is 5.25. The molecule has 7 unspecified atom stereocenters. The van der Waals surface area contributed by atoms with Gasteiger partial charge in [-0.15, -0.1) is 0 Å². The fourth-order valence-corrected chi connectivity index (χ4v) is 9.11. The molecular formula is C30H52O2. The molecule has 0 aromatic rings. The maximum absolute atomic E-state index is 9.07. The van der Waals surface area contributed by atoms with E-state index in [1.165, 1.54) is 64.2 Å². The molecule has 0 aliphatic heterocycles. The predicted molar refractivity (Wildman–Crippen MR) is 134 cm³/mol. The molecule has 2 nitrogen and oxygen atoms in total. The molecule has 0 amide bonds. The Kier molecular flexibility index (Phi) is 7.82. The van der Waals surface area contributed by atoms with Gasteiger partial charge in [-0.1, -0.05) is 65.5 Å². The van der Waals surface area contributed by atoms with Gasteiger partial charge >= 0.3 is 0 Å². The third-order valence-electron chi connectivity index (χ3n) is 10.9. The Morgan fingerprint density at radius 2 is 1.81 bits per heavy atom. The van der Waals surface area contributed by atoms with Crippen molar-refractivity contribution >= 4 is 0 Å². The number of aliphatic hydroxyl groups is 1. The lowest BCUT2D eigenvalue weighted by Gasteiger charge is -2.58.